The van der Waals surface area contributed by atoms with Crippen LogP contribution in [0.15, 0.2) is 89.8 Å². The Hall–Kier alpha value is -4.64. The number of nitrogens with zero attached hydrogens (tertiary/aromatic N) is 2. The number of aromatic nitrogens is 1. The molecule has 5 aromatic rings. The van der Waals surface area contributed by atoms with Crippen LogP contribution in [0, 0.1) is 0 Å². The summed E-state index contributed by atoms with van der Waals surface area (Å²) < 4.78 is 73.2. The van der Waals surface area contributed by atoms with Crippen molar-refractivity contribution in [2.45, 2.75) is 24.2 Å². The minimum Gasteiger partial charge on any atom is -0.465 e. The molecule has 41 heavy (non-hydrogen) atoms. The van der Waals surface area contributed by atoms with E-state index in [-0.39, 0.29) is 45.5 Å². The van der Waals surface area contributed by atoms with Crippen molar-refractivity contribution in [2.24, 2.45) is 0 Å². The van der Waals surface area contributed by atoms with Crippen LogP contribution in [0.3, 0.4) is 0 Å². The van der Waals surface area contributed by atoms with Gasteiger partial charge >= 0.3 is 12.1 Å². The van der Waals surface area contributed by atoms with Gasteiger partial charge in [-0.25, -0.2) is 17.2 Å². The van der Waals surface area contributed by atoms with Gasteiger partial charge in [-0.1, -0.05) is 48.5 Å². The summed E-state index contributed by atoms with van der Waals surface area (Å²) in [5.74, 6) is -1.21. The number of para-hydroxylation sites is 1. The summed E-state index contributed by atoms with van der Waals surface area (Å²) in [6.07, 6.45) is -4.48. The van der Waals surface area contributed by atoms with E-state index < -0.39 is 33.6 Å². The zero-order valence-corrected chi connectivity index (χ0v) is 22.3. The van der Waals surface area contributed by atoms with E-state index in [0.29, 0.717) is 16.5 Å². The van der Waals surface area contributed by atoms with Crippen molar-refractivity contribution < 1.29 is 35.9 Å². The lowest BCUT2D eigenvalue weighted by Crippen LogP contribution is -2.23. The quantitative estimate of drug-likeness (QED) is 0.239. The van der Waals surface area contributed by atoms with Crippen molar-refractivity contribution in [3.63, 3.8) is 0 Å². The average molecular weight is 579 g/mol. The number of hydrogen-bond acceptors (Lipinski definition) is 5. The maximum atomic E-state index is 14.0. The highest BCUT2D eigenvalue weighted by molar-refractivity contribution is 7.90. The molecule has 1 aromatic heterocycles. The van der Waals surface area contributed by atoms with Crippen LogP contribution in [0.1, 0.15) is 37.4 Å². The number of hydrogen-bond donors (Lipinski definition) is 0. The molecule has 6 rings (SSSR count). The van der Waals surface area contributed by atoms with Crippen molar-refractivity contribution in [1.82, 2.24) is 8.87 Å². The molecule has 0 saturated carbocycles. The first-order chi connectivity index (χ1) is 19.5. The molecule has 0 atom stereocenters. The lowest BCUT2D eigenvalue weighted by molar-refractivity contribution is -0.137. The van der Waals surface area contributed by atoms with Gasteiger partial charge < -0.3 is 9.64 Å². The second-order valence-corrected chi connectivity index (χ2v) is 11.4. The third kappa shape index (κ3) is 4.24. The lowest BCUT2D eigenvalue weighted by Gasteiger charge is -2.16. The van der Waals surface area contributed by atoms with Gasteiger partial charge in [-0.15, -0.1) is 0 Å². The third-order valence-electron chi connectivity index (χ3n) is 7.18. The fourth-order valence-electron chi connectivity index (χ4n) is 5.35. The first-order valence-electron chi connectivity index (χ1n) is 12.5. The number of ether oxygens (including phenoxy) is 1. The highest BCUT2D eigenvalue weighted by Gasteiger charge is 2.37. The van der Waals surface area contributed by atoms with Crippen molar-refractivity contribution in [1.29, 1.82) is 0 Å². The fourth-order valence-corrected chi connectivity index (χ4v) is 6.91. The normalized spacial score (nSPS) is 13.7. The molecule has 0 saturated heterocycles. The molecule has 208 valence electrons. The molecule has 0 spiro atoms. The molecule has 0 fully saturated rings. The predicted molar refractivity (Wildman–Crippen MR) is 145 cm³/mol. The Bertz CT molecular complexity index is 1970. The standard InChI is InChI=1S/C30H21F3N2O5S/c1-40-29(37)23-15-19-17-34(16-18-11-13-20(14-12-18)30(31,32)33)28(36)25(19)26-22-9-5-6-10-24(22)35(27(23)26)41(38,39)21-7-3-2-4-8-21/h2-15H,16-17H2,1H3. The zero-order valence-electron chi connectivity index (χ0n) is 21.5. The van der Waals surface area contributed by atoms with Gasteiger partial charge in [-0.2, -0.15) is 13.2 Å². The Kier molecular flexibility index (Phi) is 6.14. The summed E-state index contributed by atoms with van der Waals surface area (Å²) in [4.78, 5) is 28.3. The van der Waals surface area contributed by atoms with Gasteiger partial charge in [-0.05, 0) is 47.5 Å². The summed E-state index contributed by atoms with van der Waals surface area (Å²) in [7, 11) is -3.05. The minimum atomic E-state index is -4.48. The molecule has 1 aliphatic heterocycles. The second-order valence-electron chi connectivity index (χ2n) is 9.63. The number of benzene rings is 4. The van der Waals surface area contributed by atoms with Crippen LogP contribution in [0.4, 0.5) is 13.2 Å². The topological polar surface area (TPSA) is 85.7 Å². The summed E-state index contributed by atoms with van der Waals surface area (Å²) in [6, 6.07) is 20.4. The van der Waals surface area contributed by atoms with E-state index in [9.17, 15) is 31.2 Å². The van der Waals surface area contributed by atoms with Crippen molar-refractivity contribution in [2.75, 3.05) is 7.11 Å². The van der Waals surface area contributed by atoms with E-state index in [1.807, 2.05) is 0 Å². The van der Waals surface area contributed by atoms with E-state index in [1.165, 1.54) is 42.3 Å². The molecule has 0 radical (unpaired) electrons. The van der Waals surface area contributed by atoms with Gasteiger partial charge in [0.25, 0.3) is 15.9 Å². The van der Waals surface area contributed by atoms with Gasteiger partial charge in [-0.3, -0.25) is 4.79 Å². The van der Waals surface area contributed by atoms with Crippen molar-refractivity contribution >= 4 is 43.7 Å². The molecule has 7 nitrogen and oxygen atoms in total. The number of amides is 1. The Balaban J connectivity index is 1.57. The Morgan fingerprint density at radius 1 is 0.951 bits per heavy atom. The summed E-state index contributed by atoms with van der Waals surface area (Å²) in [5, 5.41) is 0.742. The van der Waals surface area contributed by atoms with Crippen LogP contribution < -0.4 is 0 Å². The van der Waals surface area contributed by atoms with Crippen LogP contribution >= 0.6 is 0 Å². The van der Waals surface area contributed by atoms with E-state index >= 15 is 0 Å². The number of halogens is 3. The van der Waals surface area contributed by atoms with Gasteiger partial charge in [0, 0.05) is 23.9 Å². The molecule has 0 unspecified atom stereocenters. The molecular weight excluding hydrogens is 557 g/mol. The van der Waals surface area contributed by atoms with Gasteiger partial charge in [0.15, 0.2) is 0 Å². The first-order valence-corrected chi connectivity index (χ1v) is 13.9. The smallest absolute Gasteiger partial charge is 0.416 e. The molecule has 0 N–H and O–H groups in total. The number of methoxy groups -OCH3 is 1. The molecule has 1 aliphatic rings. The van der Waals surface area contributed by atoms with Crippen LogP contribution in [-0.4, -0.2) is 36.3 Å². The summed E-state index contributed by atoms with van der Waals surface area (Å²) in [6.45, 7) is 0.0850. The Morgan fingerprint density at radius 3 is 2.27 bits per heavy atom. The number of fused-ring (bicyclic) bond motifs is 5. The molecule has 4 aromatic carbocycles. The van der Waals surface area contributed by atoms with E-state index in [2.05, 4.69) is 0 Å². The molecule has 2 heterocycles. The highest BCUT2D eigenvalue weighted by atomic mass is 32.2. The van der Waals surface area contributed by atoms with Gasteiger partial charge in [0.1, 0.15) is 0 Å². The number of carbonyl (C=O) groups is 2. The SMILES string of the molecule is COC(=O)c1cc2c(c3c4ccccc4n(S(=O)(=O)c4ccccc4)c13)C(=O)N(Cc1ccc(C(F)(F)F)cc1)C2. The minimum absolute atomic E-state index is 0.00535. The molecular formula is C30H21F3N2O5S. The van der Waals surface area contributed by atoms with Crippen LogP contribution in [-0.2, 0) is 34.0 Å². The number of rotatable bonds is 5. The molecule has 1 amide bonds. The lowest BCUT2D eigenvalue weighted by atomic mass is 9.98. The largest absolute Gasteiger partial charge is 0.465 e. The maximum Gasteiger partial charge on any atom is 0.416 e. The van der Waals surface area contributed by atoms with Crippen LogP contribution in [0.25, 0.3) is 21.8 Å². The molecule has 11 heteroatoms. The van der Waals surface area contributed by atoms with Gasteiger partial charge in [0.2, 0.25) is 0 Å². The summed E-state index contributed by atoms with van der Waals surface area (Å²) >= 11 is 0. The number of alkyl halides is 3. The highest BCUT2D eigenvalue weighted by Crippen LogP contribution is 2.41. The van der Waals surface area contributed by atoms with E-state index in [0.717, 1.165) is 16.1 Å². The Labute approximate surface area is 232 Å². The zero-order chi connectivity index (χ0) is 29.1. The van der Waals surface area contributed by atoms with E-state index in [4.69, 9.17) is 4.74 Å². The van der Waals surface area contributed by atoms with Gasteiger partial charge in [0.05, 0.1) is 39.7 Å². The number of carbonyl (C=O) groups excluding carboxylic acids is 2. The van der Waals surface area contributed by atoms with E-state index in [1.54, 1.807) is 42.5 Å². The van der Waals surface area contributed by atoms with Crippen LogP contribution in [0.2, 0.25) is 0 Å². The van der Waals surface area contributed by atoms with Crippen molar-refractivity contribution in [3.8, 4) is 0 Å². The predicted octanol–water partition coefficient (Wildman–Crippen LogP) is 5.99. The fraction of sp³-hybridized carbons (Fsp3) is 0.133. The maximum absolute atomic E-state index is 14.0. The Morgan fingerprint density at radius 2 is 1.61 bits per heavy atom. The average Bonchev–Trinajstić information content (AvgIpc) is 3.47. The summed E-state index contributed by atoms with van der Waals surface area (Å²) in [5.41, 5.74) is 0.671. The molecule has 0 aliphatic carbocycles. The number of esters is 1. The monoisotopic (exact) mass is 578 g/mol. The third-order valence-corrected chi connectivity index (χ3v) is 8.91. The first kappa shape index (κ1) is 26.6. The van der Waals surface area contributed by atoms with Crippen LogP contribution in [0.5, 0.6) is 0 Å². The second kappa shape index (κ2) is 9.48. The van der Waals surface area contributed by atoms with Crippen molar-refractivity contribution in [3.05, 3.63) is 113 Å². The molecule has 0 bridgehead atoms.